The van der Waals surface area contributed by atoms with Crippen LogP contribution in [0.3, 0.4) is 0 Å². The van der Waals surface area contributed by atoms with Gasteiger partial charge in [0.25, 0.3) is 0 Å². The number of rotatable bonds is 8. The number of allylic oxidation sites excluding steroid dienone is 4. The number of hydrogen-bond acceptors (Lipinski definition) is 3. The second kappa shape index (κ2) is 8.75. The van der Waals surface area contributed by atoms with Crippen molar-refractivity contribution in [3.63, 3.8) is 0 Å². The molecule has 136 valence electrons. The first kappa shape index (κ1) is 20.8. The van der Waals surface area contributed by atoms with Crippen molar-refractivity contribution in [2.75, 3.05) is 0 Å². The topological polar surface area (TPSA) is 54.4 Å². The molecule has 0 spiro atoms. The van der Waals surface area contributed by atoms with E-state index in [9.17, 15) is 14.7 Å². The summed E-state index contributed by atoms with van der Waals surface area (Å²) in [6.45, 7) is 11.7. The van der Waals surface area contributed by atoms with Crippen molar-refractivity contribution in [1.29, 1.82) is 0 Å². The third-order valence-corrected chi connectivity index (χ3v) is 5.57. The van der Waals surface area contributed by atoms with Gasteiger partial charge in [0.05, 0.1) is 5.60 Å². The lowest BCUT2D eigenvalue weighted by atomic mass is 9.87. The maximum Gasteiger partial charge on any atom is 0.185 e. The van der Waals surface area contributed by atoms with Crippen LogP contribution in [-0.2, 0) is 9.59 Å². The summed E-state index contributed by atoms with van der Waals surface area (Å²) in [5, 5.41) is 10.6. The zero-order valence-corrected chi connectivity index (χ0v) is 16.3. The molecule has 1 rings (SSSR count). The molecule has 1 aliphatic carbocycles. The summed E-state index contributed by atoms with van der Waals surface area (Å²) in [6.07, 6.45) is 5.33. The van der Waals surface area contributed by atoms with E-state index in [0.29, 0.717) is 41.9 Å². The highest BCUT2D eigenvalue weighted by atomic mass is 16.3. The van der Waals surface area contributed by atoms with Gasteiger partial charge in [0, 0.05) is 12.0 Å². The summed E-state index contributed by atoms with van der Waals surface area (Å²) < 4.78 is 0. The summed E-state index contributed by atoms with van der Waals surface area (Å²) in [4.78, 5) is 24.8. The van der Waals surface area contributed by atoms with E-state index in [4.69, 9.17) is 0 Å². The molecule has 0 amide bonds. The Morgan fingerprint density at radius 1 is 1.12 bits per heavy atom. The fraction of sp³-hybridized carbons (Fsp3) is 0.714. The molecule has 0 bridgehead atoms. The van der Waals surface area contributed by atoms with Gasteiger partial charge in [0.15, 0.2) is 11.6 Å². The van der Waals surface area contributed by atoms with Crippen LogP contribution in [0.5, 0.6) is 0 Å². The molecule has 0 aromatic rings. The van der Waals surface area contributed by atoms with Gasteiger partial charge in [-0.2, -0.15) is 0 Å². The molecule has 0 aliphatic heterocycles. The van der Waals surface area contributed by atoms with Gasteiger partial charge in [-0.05, 0) is 64.0 Å². The van der Waals surface area contributed by atoms with Gasteiger partial charge < -0.3 is 5.11 Å². The van der Waals surface area contributed by atoms with Gasteiger partial charge in [0.1, 0.15) is 0 Å². The number of carbonyl (C=O) groups is 2. The Kier molecular flexibility index (Phi) is 7.59. The molecule has 3 heteroatoms. The average Bonchev–Trinajstić information content (AvgIpc) is 2.58. The smallest absolute Gasteiger partial charge is 0.185 e. The van der Waals surface area contributed by atoms with Gasteiger partial charge in [-0.1, -0.05) is 38.7 Å². The van der Waals surface area contributed by atoms with E-state index in [2.05, 4.69) is 13.8 Å². The quantitative estimate of drug-likeness (QED) is 0.685. The Balaban J connectivity index is 2.74. The van der Waals surface area contributed by atoms with E-state index < -0.39 is 5.60 Å². The molecule has 0 aromatic heterocycles. The fourth-order valence-electron chi connectivity index (χ4n) is 3.12. The Morgan fingerprint density at radius 3 is 2.33 bits per heavy atom. The molecule has 0 fully saturated rings. The summed E-state index contributed by atoms with van der Waals surface area (Å²) in [5.41, 5.74) is 1.93. The van der Waals surface area contributed by atoms with Crippen molar-refractivity contribution < 1.29 is 14.7 Å². The van der Waals surface area contributed by atoms with Crippen LogP contribution in [0.15, 0.2) is 22.3 Å². The zero-order valence-electron chi connectivity index (χ0n) is 16.3. The molecule has 0 radical (unpaired) electrons. The summed E-state index contributed by atoms with van der Waals surface area (Å²) in [5.74, 6) is 0.693. The van der Waals surface area contributed by atoms with Crippen molar-refractivity contribution in [3.05, 3.63) is 22.3 Å². The van der Waals surface area contributed by atoms with Crippen LogP contribution >= 0.6 is 0 Å². The van der Waals surface area contributed by atoms with E-state index in [1.54, 1.807) is 13.8 Å². The van der Waals surface area contributed by atoms with Gasteiger partial charge in [0.2, 0.25) is 0 Å². The Labute approximate surface area is 147 Å². The molecule has 0 aromatic carbocycles. The van der Waals surface area contributed by atoms with E-state index >= 15 is 0 Å². The first-order chi connectivity index (χ1) is 11.1. The number of aliphatic hydroxyl groups is 1. The van der Waals surface area contributed by atoms with Crippen LogP contribution < -0.4 is 0 Å². The Bertz CT molecular complexity index is 549. The predicted octanol–water partition coefficient (Wildman–Crippen LogP) is 4.93. The van der Waals surface area contributed by atoms with Crippen molar-refractivity contribution in [3.8, 4) is 0 Å². The van der Waals surface area contributed by atoms with Gasteiger partial charge >= 0.3 is 0 Å². The highest BCUT2D eigenvalue weighted by Crippen LogP contribution is 2.30. The molecule has 2 unspecified atom stereocenters. The predicted molar refractivity (Wildman–Crippen MR) is 98.9 cm³/mol. The largest absolute Gasteiger partial charge is 0.390 e. The van der Waals surface area contributed by atoms with Crippen molar-refractivity contribution in [2.45, 2.75) is 92.1 Å². The van der Waals surface area contributed by atoms with E-state index in [1.807, 2.05) is 13.8 Å². The Morgan fingerprint density at radius 2 is 1.75 bits per heavy atom. The minimum atomic E-state index is -0.789. The van der Waals surface area contributed by atoms with Crippen LogP contribution in [0, 0.1) is 5.92 Å². The lowest BCUT2D eigenvalue weighted by Crippen LogP contribution is -2.25. The maximum atomic E-state index is 12.6. The minimum Gasteiger partial charge on any atom is -0.390 e. The van der Waals surface area contributed by atoms with Crippen molar-refractivity contribution >= 4 is 11.6 Å². The van der Waals surface area contributed by atoms with Gasteiger partial charge in [-0.3, -0.25) is 9.59 Å². The Hall–Kier alpha value is -1.22. The number of carbonyl (C=O) groups excluding carboxylic acids is 2. The highest BCUT2D eigenvalue weighted by Gasteiger charge is 2.27. The lowest BCUT2D eigenvalue weighted by Gasteiger charge is -2.24. The monoisotopic (exact) mass is 334 g/mol. The summed E-state index contributed by atoms with van der Waals surface area (Å²) in [6, 6.07) is 0. The molecule has 1 N–H and O–H groups in total. The zero-order chi connectivity index (χ0) is 18.5. The standard InChI is InChI=1S/C21H34O3/c1-7-14(2)9-8-11-21(6,24)12-10-18-17(5)19(22)13-15(3)16(4)20(18)23/h14,24H,7-13H2,1-6H3. The third kappa shape index (κ3) is 5.70. The lowest BCUT2D eigenvalue weighted by molar-refractivity contribution is -0.115. The number of ketones is 2. The van der Waals surface area contributed by atoms with Crippen LogP contribution in [0.1, 0.15) is 86.5 Å². The molecule has 1 aliphatic rings. The molecule has 0 saturated heterocycles. The molecule has 3 nitrogen and oxygen atoms in total. The van der Waals surface area contributed by atoms with Crippen LogP contribution in [0.2, 0.25) is 0 Å². The van der Waals surface area contributed by atoms with E-state index in [0.717, 1.165) is 31.3 Å². The normalized spacial score (nSPS) is 20.3. The van der Waals surface area contributed by atoms with E-state index in [1.165, 1.54) is 0 Å². The maximum absolute atomic E-state index is 12.6. The van der Waals surface area contributed by atoms with Crippen LogP contribution in [0.25, 0.3) is 0 Å². The van der Waals surface area contributed by atoms with E-state index in [-0.39, 0.29) is 11.6 Å². The van der Waals surface area contributed by atoms with Crippen molar-refractivity contribution in [1.82, 2.24) is 0 Å². The SMILES string of the molecule is CCC(C)CCCC(C)(O)CCC1=C(C)C(=O)CC(C)=C(C)C1=O. The second-order valence-electron chi connectivity index (χ2n) is 7.84. The second-order valence-corrected chi connectivity index (χ2v) is 7.84. The minimum absolute atomic E-state index is 0.0220. The highest BCUT2D eigenvalue weighted by molar-refractivity contribution is 6.16. The molecule has 2 atom stereocenters. The first-order valence-corrected chi connectivity index (χ1v) is 9.25. The molecular formula is C21H34O3. The first-order valence-electron chi connectivity index (χ1n) is 9.25. The number of Topliss-reactive ketones (excluding diaryl/α,β-unsaturated/α-hetero) is 2. The number of hydrogen-bond donors (Lipinski definition) is 1. The van der Waals surface area contributed by atoms with Gasteiger partial charge in [-0.25, -0.2) is 0 Å². The average molecular weight is 335 g/mol. The summed E-state index contributed by atoms with van der Waals surface area (Å²) >= 11 is 0. The van der Waals surface area contributed by atoms with Gasteiger partial charge in [-0.15, -0.1) is 0 Å². The summed E-state index contributed by atoms with van der Waals surface area (Å²) in [7, 11) is 0. The van der Waals surface area contributed by atoms with Crippen LogP contribution in [-0.4, -0.2) is 22.3 Å². The molecular weight excluding hydrogens is 300 g/mol. The molecule has 0 heterocycles. The van der Waals surface area contributed by atoms with Crippen molar-refractivity contribution in [2.24, 2.45) is 5.92 Å². The molecule has 24 heavy (non-hydrogen) atoms. The van der Waals surface area contributed by atoms with Crippen LogP contribution in [0.4, 0.5) is 0 Å². The fourth-order valence-corrected chi connectivity index (χ4v) is 3.12. The molecule has 0 saturated carbocycles. The third-order valence-electron chi connectivity index (χ3n) is 5.57.